The highest BCUT2D eigenvalue weighted by Crippen LogP contribution is 2.52. The summed E-state index contributed by atoms with van der Waals surface area (Å²) >= 11 is 0. The van der Waals surface area contributed by atoms with E-state index < -0.39 is 11.4 Å². The maximum atomic E-state index is 14.3. The summed E-state index contributed by atoms with van der Waals surface area (Å²) < 4.78 is 32.6. The Balaban J connectivity index is 1.11. The van der Waals surface area contributed by atoms with Crippen LogP contribution >= 0.6 is 0 Å². The van der Waals surface area contributed by atoms with Gasteiger partial charge in [-0.3, -0.25) is 9.78 Å². The first kappa shape index (κ1) is 33.4. The first-order valence-electron chi connectivity index (χ1n) is 16.6. The van der Waals surface area contributed by atoms with E-state index in [1.54, 1.807) is 16.0 Å². The number of rotatable bonds is 8. The molecule has 1 spiro atoms. The monoisotopic (exact) mass is 661 g/mol. The van der Waals surface area contributed by atoms with Crippen molar-refractivity contribution in [2.75, 3.05) is 31.1 Å². The van der Waals surface area contributed by atoms with E-state index in [9.17, 15) is 14.0 Å². The van der Waals surface area contributed by atoms with Gasteiger partial charge in [0.05, 0.1) is 17.3 Å². The smallest absolute Gasteiger partial charge is 0.410 e. The van der Waals surface area contributed by atoms with Gasteiger partial charge in [0, 0.05) is 55.8 Å². The van der Waals surface area contributed by atoms with Crippen LogP contribution in [-0.2, 0) is 11.2 Å². The molecule has 1 saturated carbocycles. The Morgan fingerprint density at radius 1 is 1.12 bits per heavy atom. The second kappa shape index (κ2) is 12.8. The summed E-state index contributed by atoms with van der Waals surface area (Å²) in [7, 11) is 0. The molecule has 0 N–H and O–H groups in total. The third-order valence-electron chi connectivity index (χ3n) is 9.28. The number of pyridine rings is 1. The van der Waals surface area contributed by atoms with Crippen LogP contribution < -0.4 is 14.4 Å². The maximum absolute atomic E-state index is 14.3. The molecular formula is C35H44FN7O5. The molecule has 1 unspecified atom stereocenters. The zero-order valence-corrected chi connectivity index (χ0v) is 28.7. The first-order chi connectivity index (χ1) is 22.8. The van der Waals surface area contributed by atoms with Crippen molar-refractivity contribution >= 4 is 17.8 Å². The molecule has 13 heteroatoms. The Hall–Kier alpha value is -4.55. The Bertz CT molecular complexity index is 1680. The summed E-state index contributed by atoms with van der Waals surface area (Å²) in [5.74, 6) is 0.758. The van der Waals surface area contributed by atoms with Crippen LogP contribution in [0, 0.1) is 11.2 Å². The molecule has 48 heavy (non-hydrogen) atoms. The first-order valence-corrected chi connectivity index (χ1v) is 16.6. The van der Waals surface area contributed by atoms with E-state index in [-0.39, 0.29) is 52.8 Å². The van der Waals surface area contributed by atoms with Gasteiger partial charge in [0.1, 0.15) is 35.3 Å². The quantitative estimate of drug-likeness (QED) is 0.285. The molecule has 3 aromatic rings. The van der Waals surface area contributed by atoms with Crippen molar-refractivity contribution in [2.45, 2.75) is 91.5 Å². The number of aromatic nitrogens is 4. The van der Waals surface area contributed by atoms with Gasteiger partial charge >= 0.3 is 6.09 Å². The molecule has 3 aliphatic rings. The molecule has 2 aliphatic heterocycles. The predicted molar refractivity (Wildman–Crippen MR) is 176 cm³/mol. The minimum Gasteiger partial charge on any atom is -0.490 e. The number of nitrogens with zero attached hydrogens (tertiary/aromatic N) is 7. The van der Waals surface area contributed by atoms with Gasteiger partial charge < -0.3 is 28.9 Å². The summed E-state index contributed by atoms with van der Waals surface area (Å²) in [5, 5.41) is 8.10. The Labute approximate surface area is 280 Å². The zero-order chi connectivity index (χ0) is 34.4. The Morgan fingerprint density at radius 3 is 2.56 bits per heavy atom. The fraction of sp³-hybridized carbons (Fsp3) is 0.543. The molecule has 2 aromatic heterocycles. The average molecular weight is 662 g/mol. The number of hydrogen-bond acceptors (Lipinski definition) is 10. The molecule has 2 fully saturated rings. The SMILES string of the molecule is CCN(C(=O)c1cc(F)ccc1Oc1nncnc1N1CC2(CC(Oc3ccnc4c3C(C)N(C(=O)OC(C)(C)C)CC4)C2)C1)C(C)C. The second-order valence-corrected chi connectivity index (χ2v) is 14.3. The minimum absolute atomic E-state index is 0.0252. The van der Waals surface area contributed by atoms with Gasteiger partial charge in [0.15, 0.2) is 5.82 Å². The molecule has 1 aromatic carbocycles. The van der Waals surface area contributed by atoms with E-state index in [2.05, 4.69) is 25.1 Å². The molecule has 256 valence electrons. The molecule has 1 saturated heterocycles. The van der Waals surface area contributed by atoms with Gasteiger partial charge in [-0.15, -0.1) is 10.2 Å². The number of hydrogen-bond donors (Lipinski definition) is 0. The Morgan fingerprint density at radius 2 is 1.88 bits per heavy atom. The van der Waals surface area contributed by atoms with Crippen molar-refractivity contribution in [3.05, 3.63) is 59.4 Å². The fourth-order valence-corrected chi connectivity index (χ4v) is 7.03. The molecule has 2 amide bonds. The third-order valence-corrected chi connectivity index (χ3v) is 9.28. The number of benzene rings is 1. The molecular weight excluding hydrogens is 617 g/mol. The van der Waals surface area contributed by atoms with Crippen LogP contribution in [0.3, 0.4) is 0 Å². The highest BCUT2D eigenvalue weighted by atomic mass is 19.1. The minimum atomic E-state index is -0.579. The van der Waals surface area contributed by atoms with Gasteiger partial charge in [-0.05, 0) is 85.6 Å². The van der Waals surface area contributed by atoms with Crippen molar-refractivity contribution in [3.63, 3.8) is 0 Å². The highest BCUT2D eigenvalue weighted by molar-refractivity contribution is 5.97. The molecule has 0 radical (unpaired) electrons. The topological polar surface area (TPSA) is 123 Å². The van der Waals surface area contributed by atoms with Gasteiger partial charge in [0.25, 0.3) is 11.8 Å². The molecule has 4 heterocycles. The summed E-state index contributed by atoms with van der Waals surface area (Å²) in [6.45, 7) is 15.8. The second-order valence-electron chi connectivity index (χ2n) is 14.3. The molecule has 12 nitrogen and oxygen atoms in total. The Kier molecular flexibility index (Phi) is 8.90. The summed E-state index contributed by atoms with van der Waals surface area (Å²) in [6, 6.07) is 5.47. The van der Waals surface area contributed by atoms with Crippen LogP contribution in [0.4, 0.5) is 15.0 Å². The molecule has 1 aliphatic carbocycles. The summed E-state index contributed by atoms with van der Waals surface area (Å²) in [4.78, 5) is 40.8. The van der Waals surface area contributed by atoms with E-state index in [1.165, 1.54) is 24.5 Å². The number of fused-ring (bicyclic) bond motifs is 1. The van der Waals surface area contributed by atoms with Crippen LogP contribution in [0.1, 0.15) is 89.0 Å². The van der Waals surface area contributed by atoms with Gasteiger partial charge in [-0.1, -0.05) is 0 Å². The van der Waals surface area contributed by atoms with Crippen molar-refractivity contribution in [1.82, 2.24) is 30.0 Å². The lowest BCUT2D eigenvalue weighted by atomic mass is 9.61. The van der Waals surface area contributed by atoms with Crippen molar-refractivity contribution in [3.8, 4) is 17.4 Å². The largest absolute Gasteiger partial charge is 0.490 e. The average Bonchev–Trinajstić information content (AvgIpc) is 2.98. The van der Waals surface area contributed by atoms with Crippen LogP contribution in [-0.4, -0.2) is 85.9 Å². The standard InChI is InChI=1S/C35H44FN7O5/c1-8-42(21(2)3)32(44)25-15-23(36)9-10-27(25)47-31-30(38-20-39-40-31)41-18-35(19-41)16-24(17-35)46-28-11-13-37-26-12-14-43(22(4)29(26)28)33(45)48-34(5,6)7/h9-11,13,15,20-22,24H,8,12,14,16-19H2,1-7H3. The highest BCUT2D eigenvalue weighted by Gasteiger charge is 2.54. The third kappa shape index (κ3) is 6.59. The maximum Gasteiger partial charge on any atom is 0.410 e. The van der Waals surface area contributed by atoms with Crippen LogP contribution in [0.2, 0.25) is 0 Å². The lowest BCUT2D eigenvalue weighted by molar-refractivity contribution is -0.0357. The van der Waals surface area contributed by atoms with E-state index in [0.717, 1.165) is 42.9 Å². The fourth-order valence-electron chi connectivity index (χ4n) is 7.03. The van der Waals surface area contributed by atoms with Gasteiger partial charge in [0.2, 0.25) is 0 Å². The van der Waals surface area contributed by atoms with E-state index in [1.807, 2.05) is 54.5 Å². The number of halogens is 1. The van der Waals surface area contributed by atoms with Crippen LogP contribution in [0.25, 0.3) is 0 Å². The number of carbonyl (C=O) groups excluding carboxylic acids is 2. The number of amides is 2. The predicted octanol–water partition coefficient (Wildman–Crippen LogP) is 5.97. The van der Waals surface area contributed by atoms with Crippen molar-refractivity contribution < 1.29 is 28.2 Å². The van der Waals surface area contributed by atoms with Crippen molar-refractivity contribution in [1.29, 1.82) is 0 Å². The summed E-state index contributed by atoms with van der Waals surface area (Å²) in [6.07, 6.45) is 5.18. The lowest BCUT2D eigenvalue weighted by Gasteiger charge is -2.58. The van der Waals surface area contributed by atoms with E-state index in [4.69, 9.17) is 14.2 Å². The zero-order valence-electron chi connectivity index (χ0n) is 28.7. The number of ether oxygens (including phenoxy) is 3. The summed E-state index contributed by atoms with van der Waals surface area (Å²) in [5.41, 5.74) is 1.48. The van der Waals surface area contributed by atoms with Crippen LogP contribution in [0.5, 0.6) is 17.4 Å². The lowest BCUT2D eigenvalue weighted by Crippen LogP contribution is -2.65. The number of carbonyl (C=O) groups is 2. The van der Waals surface area contributed by atoms with E-state index >= 15 is 0 Å². The molecule has 0 bridgehead atoms. The molecule has 1 atom stereocenters. The number of anilines is 1. The van der Waals surface area contributed by atoms with Gasteiger partial charge in [-0.25, -0.2) is 14.2 Å². The van der Waals surface area contributed by atoms with Crippen LogP contribution in [0.15, 0.2) is 36.8 Å². The van der Waals surface area contributed by atoms with E-state index in [0.29, 0.717) is 25.3 Å². The van der Waals surface area contributed by atoms with Crippen molar-refractivity contribution in [2.24, 2.45) is 5.41 Å². The normalized spacial score (nSPS) is 18.6. The van der Waals surface area contributed by atoms with Gasteiger partial charge in [-0.2, -0.15) is 0 Å². The molecule has 6 rings (SSSR count).